The number of fused-ring (bicyclic) bond motifs is 3. The Morgan fingerprint density at radius 3 is 2.50 bits per heavy atom. The number of nitrogen functional groups attached to an aromatic ring is 1. The van der Waals surface area contributed by atoms with Crippen molar-refractivity contribution < 1.29 is 4.79 Å². The molecule has 0 spiro atoms. The number of imidazole rings is 1. The second-order valence-electron chi connectivity index (χ2n) is 11.3. The molecule has 3 N–H and O–H groups in total. The molecule has 40 heavy (non-hydrogen) atoms. The van der Waals surface area contributed by atoms with Crippen LogP contribution >= 0.6 is 0 Å². The van der Waals surface area contributed by atoms with E-state index in [1.165, 1.54) is 6.33 Å². The Kier molecular flexibility index (Phi) is 5.07. The van der Waals surface area contributed by atoms with E-state index in [0.29, 0.717) is 17.6 Å². The fourth-order valence-corrected chi connectivity index (χ4v) is 6.76. The Morgan fingerprint density at radius 1 is 1.02 bits per heavy atom. The molecule has 12 nitrogen and oxygen atoms in total. The van der Waals surface area contributed by atoms with Crippen LogP contribution in [0.15, 0.2) is 43.4 Å². The Morgan fingerprint density at radius 2 is 1.85 bits per heavy atom. The van der Waals surface area contributed by atoms with Crippen LogP contribution < -0.4 is 5.73 Å². The molecule has 202 valence electrons. The van der Waals surface area contributed by atoms with Gasteiger partial charge in [-0.25, -0.2) is 9.97 Å². The van der Waals surface area contributed by atoms with Gasteiger partial charge in [0.15, 0.2) is 5.65 Å². The lowest BCUT2D eigenvalue weighted by molar-refractivity contribution is 0.0557. The Bertz CT molecular complexity index is 1720. The van der Waals surface area contributed by atoms with Crippen LogP contribution in [0.2, 0.25) is 0 Å². The maximum Gasteiger partial charge on any atom is 0.292 e. The fraction of sp³-hybridized carbons (Fsp3) is 0.393. The van der Waals surface area contributed by atoms with E-state index >= 15 is 0 Å². The predicted molar refractivity (Wildman–Crippen MR) is 146 cm³/mol. The van der Waals surface area contributed by atoms with Crippen molar-refractivity contribution in [3.63, 3.8) is 0 Å². The highest BCUT2D eigenvalue weighted by atomic mass is 16.2. The molecule has 2 saturated heterocycles. The van der Waals surface area contributed by atoms with Gasteiger partial charge in [0.1, 0.15) is 17.8 Å². The number of nitrogens with one attached hydrogen (secondary N) is 1. The molecule has 0 unspecified atom stereocenters. The number of nitrogens with two attached hydrogens (primary N) is 1. The zero-order chi connectivity index (χ0) is 27.0. The summed E-state index contributed by atoms with van der Waals surface area (Å²) in [4.78, 5) is 32.5. The van der Waals surface area contributed by atoms with Crippen LogP contribution in [0, 0.1) is 0 Å². The largest absolute Gasteiger partial charge is 0.383 e. The normalized spacial score (nSPS) is 22.3. The van der Waals surface area contributed by atoms with Crippen LogP contribution in [-0.2, 0) is 7.05 Å². The van der Waals surface area contributed by atoms with Gasteiger partial charge in [0.05, 0.1) is 23.9 Å². The van der Waals surface area contributed by atoms with E-state index in [4.69, 9.17) is 10.7 Å². The number of H-pyrrole nitrogens is 1. The molecular weight excluding hydrogens is 506 g/mol. The number of carbonyl (C=O) groups is 1. The lowest BCUT2D eigenvalue weighted by Gasteiger charge is -2.39. The van der Waals surface area contributed by atoms with Gasteiger partial charge in [0.25, 0.3) is 5.91 Å². The van der Waals surface area contributed by atoms with Gasteiger partial charge in [-0.1, -0.05) is 6.07 Å². The molecule has 2 bridgehead atoms. The molecule has 5 aromatic heterocycles. The van der Waals surface area contributed by atoms with Crippen molar-refractivity contribution in [2.45, 2.75) is 62.4 Å². The first kappa shape index (κ1) is 23.3. The highest BCUT2D eigenvalue weighted by molar-refractivity contribution is 5.91. The fourth-order valence-electron chi connectivity index (χ4n) is 6.76. The summed E-state index contributed by atoms with van der Waals surface area (Å²) in [7, 11) is 1.94. The summed E-state index contributed by atoms with van der Waals surface area (Å²) in [5.74, 6) is 1.58. The van der Waals surface area contributed by atoms with Gasteiger partial charge < -0.3 is 20.2 Å². The molecule has 3 aliphatic rings. The van der Waals surface area contributed by atoms with Crippen molar-refractivity contribution in [3.05, 3.63) is 60.5 Å². The molecule has 3 fully saturated rings. The number of aromatic nitrogens is 9. The van der Waals surface area contributed by atoms with Crippen LogP contribution in [0.25, 0.3) is 28.2 Å². The minimum atomic E-state index is -0.0616. The molecule has 0 aromatic carbocycles. The quantitative estimate of drug-likeness (QED) is 0.348. The average Bonchev–Trinajstić information content (AvgIpc) is 3.31. The lowest BCUT2D eigenvalue weighted by atomic mass is 9.85. The first-order chi connectivity index (χ1) is 19.5. The van der Waals surface area contributed by atoms with Crippen LogP contribution in [0.4, 0.5) is 5.82 Å². The van der Waals surface area contributed by atoms with Crippen molar-refractivity contribution in [3.8, 4) is 22.5 Å². The zero-order valence-electron chi connectivity index (χ0n) is 22.1. The Labute approximate surface area is 229 Å². The smallest absolute Gasteiger partial charge is 0.292 e. The van der Waals surface area contributed by atoms with Gasteiger partial charge in [-0.15, -0.1) is 10.2 Å². The Balaban J connectivity index is 1.16. The third-order valence-electron chi connectivity index (χ3n) is 8.75. The number of nitrogens with zero attached hydrogens (tertiary/aromatic N) is 9. The number of piperidine rings is 1. The number of carbonyl (C=O) groups excluding carboxylic acids is 1. The molecule has 8 rings (SSSR count). The second kappa shape index (κ2) is 8.70. The van der Waals surface area contributed by atoms with E-state index in [2.05, 4.69) is 30.2 Å². The van der Waals surface area contributed by atoms with E-state index < -0.39 is 0 Å². The summed E-state index contributed by atoms with van der Waals surface area (Å²) >= 11 is 0. The maximum atomic E-state index is 13.2. The average molecular weight is 536 g/mol. The minimum absolute atomic E-state index is 0.0616. The number of hydrogen-bond acceptors (Lipinski definition) is 8. The third-order valence-corrected chi connectivity index (χ3v) is 8.75. The predicted octanol–water partition coefficient (Wildman–Crippen LogP) is 3.32. The highest BCUT2D eigenvalue weighted by Gasteiger charge is 2.46. The topological polar surface area (TPSA) is 149 Å². The summed E-state index contributed by atoms with van der Waals surface area (Å²) < 4.78 is 3.69. The number of amides is 1. The Hall–Kier alpha value is -4.61. The number of rotatable bonds is 5. The molecule has 1 saturated carbocycles. The molecule has 7 heterocycles. The van der Waals surface area contributed by atoms with Gasteiger partial charge in [-0.05, 0) is 50.5 Å². The first-order valence-electron chi connectivity index (χ1n) is 13.9. The SMILES string of the molecule is Cn1cnc(-c2ccc(-c3cnn4c(N)c(C5CC5)c([C@@H]5C[C@H]6CC[C@@H](C5)N6C(=O)c5nnc[nH]5)nc34)cn2)c1. The van der Waals surface area contributed by atoms with E-state index in [9.17, 15) is 4.79 Å². The highest BCUT2D eigenvalue weighted by Crippen LogP contribution is 2.50. The van der Waals surface area contributed by atoms with Gasteiger partial charge in [0, 0.05) is 54.1 Å². The summed E-state index contributed by atoms with van der Waals surface area (Å²) in [6.45, 7) is 0. The summed E-state index contributed by atoms with van der Waals surface area (Å²) in [5.41, 5.74) is 13.3. The monoisotopic (exact) mass is 535 g/mol. The van der Waals surface area contributed by atoms with Gasteiger partial charge in [0.2, 0.25) is 5.82 Å². The summed E-state index contributed by atoms with van der Waals surface area (Å²) in [6.07, 6.45) is 14.8. The number of anilines is 1. The van der Waals surface area contributed by atoms with Gasteiger partial charge in [-0.2, -0.15) is 9.61 Å². The zero-order valence-corrected chi connectivity index (χ0v) is 22.1. The molecular formula is C28H29N11O. The minimum Gasteiger partial charge on any atom is -0.383 e. The molecule has 1 amide bonds. The molecule has 3 atom stereocenters. The summed E-state index contributed by atoms with van der Waals surface area (Å²) in [5, 5.41) is 12.4. The lowest BCUT2D eigenvalue weighted by Crippen LogP contribution is -2.46. The van der Waals surface area contributed by atoms with Crippen molar-refractivity contribution in [2.75, 3.05) is 5.73 Å². The van der Waals surface area contributed by atoms with E-state index in [1.54, 1.807) is 10.8 Å². The van der Waals surface area contributed by atoms with E-state index in [-0.39, 0.29) is 23.9 Å². The van der Waals surface area contributed by atoms with Crippen LogP contribution in [-0.4, -0.2) is 67.2 Å². The maximum absolute atomic E-state index is 13.2. The summed E-state index contributed by atoms with van der Waals surface area (Å²) in [6, 6.07) is 4.32. The molecule has 12 heteroatoms. The first-order valence-corrected chi connectivity index (χ1v) is 13.9. The van der Waals surface area contributed by atoms with Gasteiger partial charge in [-0.3, -0.25) is 9.78 Å². The van der Waals surface area contributed by atoms with Crippen molar-refractivity contribution in [1.82, 2.24) is 49.2 Å². The molecule has 5 aromatic rings. The standard InChI is InChI=1S/C28H29N11O/c1-37-12-22(32-14-37)21-7-4-16(10-30-21)20-11-34-39-25(29)23(15-2-3-15)24(35-27(20)39)17-8-18-5-6-19(9-17)38(18)28(40)26-31-13-33-36-26/h4,7,10-15,17-19H,2-3,5-6,8-9,29H2,1H3,(H,31,33,36)/t17-,18-,19+. The number of aromatic amines is 1. The molecule has 1 aliphatic carbocycles. The molecule has 2 aliphatic heterocycles. The van der Waals surface area contributed by atoms with Crippen LogP contribution in [0.1, 0.15) is 72.2 Å². The number of aryl methyl sites for hydroxylation is 1. The number of pyridine rings is 1. The molecule has 0 radical (unpaired) electrons. The van der Waals surface area contributed by atoms with Crippen molar-refractivity contribution in [1.29, 1.82) is 0 Å². The number of hydrogen-bond donors (Lipinski definition) is 2. The van der Waals surface area contributed by atoms with Gasteiger partial charge >= 0.3 is 0 Å². The van der Waals surface area contributed by atoms with E-state index in [0.717, 1.165) is 77.9 Å². The third kappa shape index (κ3) is 3.62. The van der Waals surface area contributed by atoms with Crippen molar-refractivity contribution >= 4 is 17.4 Å². The second-order valence-corrected chi connectivity index (χ2v) is 11.3. The van der Waals surface area contributed by atoms with Crippen LogP contribution in [0.3, 0.4) is 0 Å². The van der Waals surface area contributed by atoms with E-state index in [1.807, 2.05) is 47.2 Å². The van der Waals surface area contributed by atoms with Crippen molar-refractivity contribution in [2.24, 2.45) is 7.05 Å². The van der Waals surface area contributed by atoms with Crippen LogP contribution in [0.5, 0.6) is 0 Å².